The molecule has 3 amide bonds. The van der Waals surface area contributed by atoms with E-state index in [1.807, 2.05) is 27.7 Å². The van der Waals surface area contributed by atoms with Gasteiger partial charge < -0.3 is 26.5 Å². The molecule has 0 aromatic carbocycles. The molecule has 0 radical (unpaired) electrons. The molecule has 0 aromatic heterocycles. The first-order chi connectivity index (χ1) is 11.6. The lowest BCUT2D eigenvalue weighted by Crippen LogP contribution is -2.53. The van der Waals surface area contributed by atoms with Crippen LogP contribution in [0.2, 0.25) is 0 Å². The van der Waals surface area contributed by atoms with Crippen molar-refractivity contribution in [2.24, 2.45) is 17.6 Å². The van der Waals surface area contributed by atoms with Crippen molar-refractivity contribution in [1.29, 1.82) is 0 Å². The van der Waals surface area contributed by atoms with Crippen LogP contribution < -0.4 is 21.7 Å². The van der Waals surface area contributed by atoms with E-state index in [1.165, 1.54) is 6.92 Å². The number of carbonyl (C=O) groups is 4. The van der Waals surface area contributed by atoms with E-state index in [-0.39, 0.29) is 18.4 Å². The average molecular weight is 356 g/mol. The molecule has 3 atom stereocenters. The van der Waals surface area contributed by atoms with Gasteiger partial charge in [0.1, 0.15) is 12.3 Å². The van der Waals surface area contributed by atoms with Crippen molar-refractivity contribution in [2.45, 2.75) is 65.6 Å². The summed E-state index contributed by atoms with van der Waals surface area (Å²) in [6.45, 7) is 9.01. The van der Waals surface area contributed by atoms with Gasteiger partial charge >= 0.3 is 0 Å². The summed E-state index contributed by atoms with van der Waals surface area (Å²) in [6, 6.07) is -2.06. The molecular weight excluding hydrogens is 324 g/mol. The van der Waals surface area contributed by atoms with Gasteiger partial charge in [-0.1, -0.05) is 27.7 Å². The number of hydrogen-bond acceptors (Lipinski definition) is 5. The van der Waals surface area contributed by atoms with E-state index in [0.717, 1.165) is 0 Å². The van der Waals surface area contributed by atoms with Crippen LogP contribution in [0.15, 0.2) is 0 Å². The molecule has 8 heteroatoms. The van der Waals surface area contributed by atoms with Gasteiger partial charge in [-0.3, -0.25) is 14.4 Å². The van der Waals surface area contributed by atoms with Crippen molar-refractivity contribution >= 4 is 24.0 Å². The Morgan fingerprint density at radius 3 is 1.92 bits per heavy atom. The maximum Gasteiger partial charge on any atom is 0.243 e. The lowest BCUT2D eigenvalue weighted by atomic mass is 10.0. The number of carbonyl (C=O) groups excluding carboxylic acids is 4. The Labute approximate surface area is 149 Å². The SMILES string of the molecule is CC(C)C[C@@H](C=O)NC(=O)CNC(=O)[C@H](CC(C)C)NC(=O)[C@H](C)N. The van der Waals surface area contributed by atoms with Crippen molar-refractivity contribution < 1.29 is 19.2 Å². The zero-order valence-corrected chi connectivity index (χ0v) is 15.8. The highest BCUT2D eigenvalue weighted by atomic mass is 16.2. The van der Waals surface area contributed by atoms with Crippen LogP contribution >= 0.6 is 0 Å². The standard InChI is InChI=1S/C17H32N4O4/c1-10(2)6-13(9-22)20-15(23)8-19-17(25)14(7-11(3)4)21-16(24)12(5)18/h9-14H,6-8,18H2,1-5H3,(H,19,25)(H,20,23)(H,21,24)/t12-,13-,14-/m0/s1. The van der Waals surface area contributed by atoms with Gasteiger partial charge in [-0.05, 0) is 31.6 Å². The minimum Gasteiger partial charge on any atom is -0.345 e. The third-order valence-corrected chi connectivity index (χ3v) is 3.41. The molecule has 0 aliphatic rings. The predicted octanol–water partition coefficient (Wildman–Crippen LogP) is -0.289. The summed E-state index contributed by atoms with van der Waals surface area (Å²) in [5.41, 5.74) is 5.51. The highest BCUT2D eigenvalue weighted by Gasteiger charge is 2.23. The van der Waals surface area contributed by atoms with E-state index >= 15 is 0 Å². The number of amides is 3. The molecule has 0 aliphatic heterocycles. The molecule has 8 nitrogen and oxygen atoms in total. The van der Waals surface area contributed by atoms with Crippen molar-refractivity contribution in [2.75, 3.05) is 6.54 Å². The molecule has 0 spiro atoms. The molecule has 0 aliphatic carbocycles. The molecule has 0 heterocycles. The fourth-order valence-corrected chi connectivity index (χ4v) is 2.21. The highest BCUT2D eigenvalue weighted by Crippen LogP contribution is 2.05. The zero-order chi connectivity index (χ0) is 19.6. The maximum atomic E-state index is 12.3. The molecule has 0 saturated heterocycles. The second-order valence-electron chi connectivity index (χ2n) is 7.14. The lowest BCUT2D eigenvalue weighted by Gasteiger charge is -2.21. The third-order valence-electron chi connectivity index (χ3n) is 3.41. The summed E-state index contributed by atoms with van der Waals surface area (Å²) < 4.78 is 0. The van der Waals surface area contributed by atoms with Gasteiger partial charge in [0.25, 0.3) is 0 Å². The predicted molar refractivity (Wildman–Crippen MR) is 95.5 cm³/mol. The monoisotopic (exact) mass is 356 g/mol. The summed E-state index contributed by atoms with van der Waals surface area (Å²) in [5.74, 6) is -0.905. The van der Waals surface area contributed by atoms with Gasteiger partial charge in [0.2, 0.25) is 17.7 Å². The van der Waals surface area contributed by atoms with E-state index in [9.17, 15) is 19.2 Å². The second kappa shape index (κ2) is 11.6. The van der Waals surface area contributed by atoms with E-state index in [1.54, 1.807) is 0 Å². The first-order valence-electron chi connectivity index (χ1n) is 8.65. The third kappa shape index (κ3) is 10.5. The van der Waals surface area contributed by atoms with Gasteiger partial charge in [-0.15, -0.1) is 0 Å². The number of aldehydes is 1. The zero-order valence-electron chi connectivity index (χ0n) is 15.8. The number of rotatable bonds is 11. The fourth-order valence-electron chi connectivity index (χ4n) is 2.21. The Bertz CT molecular complexity index is 464. The van der Waals surface area contributed by atoms with E-state index < -0.39 is 35.8 Å². The van der Waals surface area contributed by atoms with Crippen molar-refractivity contribution in [3.05, 3.63) is 0 Å². The van der Waals surface area contributed by atoms with Gasteiger partial charge in [0.05, 0.1) is 18.6 Å². The lowest BCUT2D eigenvalue weighted by molar-refractivity contribution is -0.131. The molecule has 0 rings (SSSR count). The smallest absolute Gasteiger partial charge is 0.243 e. The average Bonchev–Trinajstić information content (AvgIpc) is 2.50. The number of hydrogen-bond donors (Lipinski definition) is 4. The normalized spacial score (nSPS) is 14.6. The number of nitrogens with two attached hydrogens (primary N) is 1. The molecule has 5 N–H and O–H groups in total. The first-order valence-corrected chi connectivity index (χ1v) is 8.65. The van der Waals surface area contributed by atoms with Crippen molar-refractivity contribution in [1.82, 2.24) is 16.0 Å². The largest absolute Gasteiger partial charge is 0.345 e. The molecule has 0 aromatic rings. The van der Waals surface area contributed by atoms with Crippen LogP contribution in [0, 0.1) is 11.8 Å². The summed E-state index contributed by atoms with van der Waals surface area (Å²) in [7, 11) is 0. The maximum absolute atomic E-state index is 12.3. The molecule has 0 saturated carbocycles. The van der Waals surface area contributed by atoms with Crippen molar-refractivity contribution in [3.8, 4) is 0 Å². The van der Waals surface area contributed by atoms with Gasteiger partial charge in [0, 0.05) is 0 Å². The van der Waals surface area contributed by atoms with E-state index in [0.29, 0.717) is 19.1 Å². The van der Waals surface area contributed by atoms with Gasteiger partial charge in [-0.2, -0.15) is 0 Å². The Hall–Kier alpha value is -1.96. The van der Waals surface area contributed by atoms with Crippen LogP contribution in [0.25, 0.3) is 0 Å². The minimum absolute atomic E-state index is 0.170. The summed E-state index contributed by atoms with van der Waals surface area (Å²) in [6.07, 6.45) is 1.64. The van der Waals surface area contributed by atoms with E-state index in [2.05, 4.69) is 16.0 Å². The molecule has 0 fully saturated rings. The van der Waals surface area contributed by atoms with Crippen LogP contribution in [0.3, 0.4) is 0 Å². The van der Waals surface area contributed by atoms with Crippen LogP contribution in [0.4, 0.5) is 0 Å². The quantitative estimate of drug-likeness (QED) is 0.378. The molecule has 0 bridgehead atoms. The summed E-state index contributed by atoms with van der Waals surface area (Å²) >= 11 is 0. The Balaban J connectivity index is 4.60. The van der Waals surface area contributed by atoms with Crippen LogP contribution in [-0.4, -0.2) is 48.7 Å². The van der Waals surface area contributed by atoms with Crippen LogP contribution in [0.5, 0.6) is 0 Å². The summed E-state index contributed by atoms with van der Waals surface area (Å²) in [4.78, 5) is 46.8. The Morgan fingerprint density at radius 1 is 0.920 bits per heavy atom. The highest BCUT2D eigenvalue weighted by molar-refractivity contribution is 5.92. The molecular formula is C17H32N4O4. The van der Waals surface area contributed by atoms with Crippen molar-refractivity contribution in [3.63, 3.8) is 0 Å². The van der Waals surface area contributed by atoms with Gasteiger partial charge in [-0.25, -0.2) is 0 Å². The van der Waals surface area contributed by atoms with Gasteiger partial charge in [0.15, 0.2) is 0 Å². The second-order valence-corrected chi connectivity index (χ2v) is 7.14. The fraction of sp³-hybridized carbons (Fsp3) is 0.765. The Morgan fingerprint density at radius 2 is 1.48 bits per heavy atom. The molecule has 25 heavy (non-hydrogen) atoms. The molecule has 0 unspecified atom stereocenters. The first kappa shape index (κ1) is 23.0. The minimum atomic E-state index is -0.760. The van der Waals surface area contributed by atoms with Crippen LogP contribution in [-0.2, 0) is 19.2 Å². The van der Waals surface area contributed by atoms with Crippen LogP contribution in [0.1, 0.15) is 47.5 Å². The molecule has 144 valence electrons. The Kier molecular flexibility index (Phi) is 10.7. The summed E-state index contributed by atoms with van der Waals surface area (Å²) in [5, 5.41) is 7.64. The topological polar surface area (TPSA) is 130 Å². The number of nitrogens with one attached hydrogen (secondary N) is 3. The van der Waals surface area contributed by atoms with E-state index in [4.69, 9.17) is 5.73 Å².